The van der Waals surface area contributed by atoms with Crippen LogP contribution in [-0.4, -0.2) is 43.7 Å². The van der Waals surface area contributed by atoms with Crippen molar-refractivity contribution >= 4 is 17.5 Å². The fourth-order valence-electron chi connectivity index (χ4n) is 3.12. The van der Waals surface area contributed by atoms with Gasteiger partial charge in [-0.15, -0.1) is 0 Å². The molecule has 1 saturated heterocycles. The number of hydrogen-bond acceptors (Lipinski definition) is 4. The minimum absolute atomic E-state index is 0.0423. The maximum absolute atomic E-state index is 12.4. The van der Waals surface area contributed by atoms with E-state index in [2.05, 4.69) is 16.3 Å². The average Bonchev–Trinajstić information content (AvgIpc) is 2.92. The van der Waals surface area contributed by atoms with E-state index in [1.54, 1.807) is 26.3 Å². The number of carbonyl (C=O) groups excluding carboxylic acids is 1. The summed E-state index contributed by atoms with van der Waals surface area (Å²) in [5, 5.41) is 12.6. The van der Waals surface area contributed by atoms with Crippen LogP contribution in [0.4, 0.5) is 0 Å². The Labute approximate surface area is 135 Å². The number of carbonyl (C=O) groups is 1. The number of nitrogens with one attached hydrogen (secondary N) is 1. The lowest BCUT2D eigenvalue weighted by molar-refractivity contribution is -0.135. The van der Waals surface area contributed by atoms with Crippen LogP contribution in [0.2, 0.25) is 5.02 Å². The van der Waals surface area contributed by atoms with E-state index in [4.69, 9.17) is 16.3 Å². The summed E-state index contributed by atoms with van der Waals surface area (Å²) in [6, 6.07) is 7.44. The first kappa shape index (κ1) is 16.8. The van der Waals surface area contributed by atoms with E-state index < -0.39 is 5.54 Å². The van der Waals surface area contributed by atoms with Gasteiger partial charge in [0.15, 0.2) is 0 Å². The van der Waals surface area contributed by atoms with Gasteiger partial charge in [0.1, 0.15) is 5.54 Å². The first-order valence-electron chi connectivity index (χ1n) is 7.22. The van der Waals surface area contributed by atoms with Crippen LogP contribution >= 0.6 is 11.6 Å². The van der Waals surface area contributed by atoms with Crippen molar-refractivity contribution < 1.29 is 9.53 Å². The predicted octanol–water partition coefficient (Wildman–Crippen LogP) is 1.94. The second kappa shape index (κ2) is 7.10. The molecule has 1 heterocycles. The topological polar surface area (TPSA) is 65.4 Å². The Morgan fingerprint density at radius 1 is 1.59 bits per heavy atom. The highest BCUT2D eigenvalue weighted by Crippen LogP contribution is 2.32. The van der Waals surface area contributed by atoms with Crippen LogP contribution in [0.25, 0.3) is 0 Å². The van der Waals surface area contributed by atoms with Crippen molar-refractivity contribution in [2.75, 3.05) is 27.3 Å². The highest BCUT2D eigenvalue weighted by atomic mass is 35.5. The Kier molecular flexibility index (Phi) is 5.41. The molecule has 1 aromatic carbocycles. The monoisotopic (exact) mass is 321 g/mol. The Bertz CT molecular complexity index is 600. The van der Waals surface area contributed by atoms with Crippen molar-refractivity contribution in [2.45, 2.75) is 24.9 Å². The summed E-state index contributed by atoms with van der Waals surface area (Å²) in [4.78, 5) is 14.5. The number of halogens is 1. The highest BCUT2D eigenvalue weighted by molar-refractivity contribution is 6.30. The summed E-state index contributed by atoms with van der Waals surface area (Å²) in [6.07, 6.45) is 1.67. The molecule has 0 radical (unpaired) electrons. The van der Waals surface area contributed by atoms with Crippen LogP contribution in [-0.2, 0) is 16.1 Å². The predicted molar refractivity (Wildman–Crippen MR) is 84.5 cm³/mol. The van der Waals surface area contributed by atoms with E-state index in [1.807, 2.05) is 6.07 Å². The van der Waals surface area contributed by atoms with Gasteiger partial charge in [-0.2, -0.15) is 5.26 Å². The molecule has 1 aliphatic rings. The van der Waals surface area contributed by atoms with Gasteiger partial charge in [-0.1, -0.05) is 17.7 Å². The summed E-state index contributed by atoms with van der Waals surface area (Å²) < 4.78 is 5.31. The van der Waals surface area contributed by atoms with Crippen LogP contribution in [0, 0.1) is 11.3 Å². The molecule has 1 aliphatic heterocycles. The van der Waals surface area contributed by atoms with E-state index in [0.29, 0.717) is 23.7 Å². The van der Waals surface area contributed by atoms with Crippen molar-refractivity contribution in [1.29, 1.82) is 5.26 Å². The normalized spacial score (nSPS) is 21.5. The SMILES string of the molecule is CNC(=O)C1(COC)CCCN1Cc1ccc(Cl)cc1C#N. The van der Waals surface area contributed by atoms with Crippen LogP contribution < -0.4 is 5.32 Å². The number of rotatable bonds is 5. The molecule has 0 saturated carbocycles. The van der Waals surface area contributed by atoms with Crippen molar-refractivity contribution in [3.8, 4) is 6.07 Å². The molecule has 118 valence electrons. The van der Waals surface area contributed by atoms with Gasteiger partial charge in [-0.25, -0.2) is 0 Å². The zero-order valence-corrected chi connectivity index (χ0v) is 13.6. The minimum atomic E-state index is -0.671. The molecule has 6 heteroatoms. The second-order valence-corrected chi connectivity index (χ2v) is 5.92. The molecule has 0 bridgehead atoms. The van der Waals surface area contributed by atoms with E-state index >= 15 is 0 Å². The largest absolute Gasteiger partial charge is 0.382 e. The standard InChI is InChI=1S/C16H20ClN3O2/c1-19-15(21)16(11-22-2)6-3-7-20(16)10-12-4-5-14(17)8-13(12)9-18/h4-5,8H,3,6-7,10-11H2,1-2H3,(H,19,21). The highest BCUT2D eigenvalue weighted by Gasteiger charge is 2.47. The third-order valence-electron chi connectivity index (χ3n) is 4.21. The molecule has 5 nitrogen and oxygen atoms in total. The number of nitriles is 1. The lowest BCUT2D eigenvalue weighted by atomic mass is 9.95. The van der Waals surface area contributed by atoms with Gasteiger partial charge in [-0.05, 0) is 37.1 Å². The molecule has 1 atom stereocenters. The number of amides is 1. The fourth-order valence-corrected chi connectivity index (χ4v) is 3.29. The quantitative estimate of drug-likeness (QED) is 0.900. The molecule has 1 amide bonds. The minimum Gasteiger partial charge on any atom is -0.382 e. The van der Waals surface area contributed by atoms with Gasteiger partial charge in [0.2, 0.25) is 5.91 Å². The van der Waals surface area contributed by atoms with Crippen LogP contribution in [0.1, 0.15) is 24.0 Å². The lowest BCUT2D eigenvalue weighted by Crippen LogP contribution is -2.57. The summed E-state index contributed by atoms with van der Waals surface area (Å²) >= 11 is 5.94. The molecule has 1 fully saturated rings. The fraction of sp³-hybridized carbons (Fsp3) is 0.500. The van der Waals surface area contributed by atoms with Crippen molar-refractivity contribution in [3.63, 3.8) is 0 Å². The number of methoxy groups -OCH3 is 1. The number of hydrogen-bond donors (Lipinski definition) is 1. The summed E-state index contributed by atoms with van der Waals surface area (Å²) in [5.74, 6) is -0.0423. The smallest absolute Gasteiger partial charge is 0.242 e. The van der Waals surface area contributed by atoms with Gasteiger partial charge in [0.25, 0.3) is 0 Å². The molecule has 0 aliphatic carbocycles. The third-order valence-corrected chi connectivity index (χ3v) is 4.45. The number of benzene rings is 1. The Balaban J connectivity index is 2.31. The number of likely N-dealkylation sites (N-methyl/N-ethyl adjacent to an activating group) is 1. The molecule has 2 rings (SSSR count). The average molecular weight is 322 g/mol. The Morgan fingerprint density at radius 2 is 2.36 bits per heavy atom. The molecule has 1 aromatic rings. The van der Waals surface area contributed by atoms with Crippen molar-refractivity contribution in [1.82, 2.24) is 10.2 Å². The zero-order valence-electron chi connectivity index (χ0n) is 12.9. The number of ether oxygens (including phenoxy) is 1. The lowest BCUT2D eigenvalue weighted by Gasteiger charge is -2.36. The van der Waals surface area contributed by atoms with Crippen LogP contribution in [0.5, 0.6) is 0 Å². The molecule has 0 aromatic heterocycles. The number of nitrogens with zero attached hydrogens (tertiary/aromatic N) is 2. The molecular weight excluding hydrogens is 302 g/mol. The number of likely N-dealkylation sites (tertiary alicyclic amines) is 1. The zero-order chi connectivity index (χ0) is 16.2. The van der Waals surface area contributed by atoms with E-state index in [0.717, 1.165) is 24.9 Å². The summed E-state index contributed by atoms with van der Waals surface area (Å²) in [5.41, 5.74) is 0.747. The van der Waals surface area contributed by atoms with Gasteiger partial charge >= 0.3 is 0 Å². The van der Waals surface area contributed by atoms with E-state index in [1.165, 1.54) is 0 Å². The maximum Gasteiger partial charge on any atom is 0.242 e. The summed E-state index contributed by atoms with van der Waals surface area (Å²) in [7, 11) is 3.24. The van der Waals surface area contributed by atoms with Gasteiger partial charge in [0.05, 0.1) is 18.2 Å². The van der Waals surface area contributed by atoms with Crippen molar-refractivity contribution in [3.05, 3.63) is 34.3 Å². The molecule has 1 unspecified atom stereocenters. The maximum atomic E-state index is 12.4. The Morgan fingerprint density at radius 3 is 3.00 bits per heavy atom. The van der Waals surface area contributed by atoms with E-state index in [-0.39, 0.29) is 5.91 Å². The van der Waals surface area contributed by atoms with Crippen molar-refractivity contribution in [2.24, 2.45) is 0 Å². The first-order chi connectivity index (χ1) is 10.6. The second-order valence-electron chi connectivity index (χ2n) is 5.48. The van der Waals surface area contributed by atoms with Crippen LogP contribution in [0.3, 0.4) is 0 Å². The van der Waals surface area contributed by atoms with Gasteiger partial charge < -0.3 is 10.1 Å². The molecule has 22 heavy (non-hydrogen) atoms. The summed E-state index contributed by atoms with van der Waals surface area (Å²) in [6.45, 7) is 1.66. The first-order valence-corrected chi connectivity index (χ1v) is 7.60. The molecular formula is C16H20ClN3O2. The van der Waals surface area contributed by atoms with Gasteiger partial charge in [-0.3, -0.25) is 9.69 Å². The molecule has 0 spiro atoms. The van der Waals surface area contributed by atoms with Crippen LogP contribution in [0.15, 0.2) is 18.2 Å². The van der Waals surface area contributed by atoms with E-state index in [9.17, 15) is 10.1 Å². The third kappa shape index (κ3) is 3.09. The Hall–Kier alpha value is -1.61. The van der Waals surface area contributed by atoms with Gasteiger partial charge in [0, 0.05) is 25.7 Å². The molecule has 1 N–H and O–H groups in total.